The van der Waals surface area contributed by atoms with Crippen molar-refractivity contribution >= 4 is 10.0 Å². The maximum atomic E-state index is 12.9. The SMILES string of the molecule is CC(C)(N)CNS(=O)(=O)c1cccc(F)c1. The first-order valence-corrected chi connectivity index (χ1v) is 6.23. The Morgan fingerprint density at radius 3 is 2.56 bits per heavy atom. The fourth-order valence-electron chi connectivity index (χ4n) is 0.999. The molecular weight excluding hydrogens is 231 g/mol. The van der Waals surface area contributed by atoms with E-state index < -0.39 is 21.4 Å². The average Bonchev–Trinajstić information content (AvgIpc) is 2.14. The third-order valence-electron chi connectivity index (χ3n) is 1.82. The van der Waals surface area contributed by atoms with Gasteiger partial charge in [0.15, 0.2) is 0 Å². The normalized spacial score (nSPS) is 12.8. The molecule has 16 heavy (non-hydrogen) atoms. The van der Waals surface area contributed by atoms with Crippen LogP contribution < -0.4 is 10.5 Å². The van der Waals surface area contributed by atoms with Gasteiger partial charge in [0.1, 0.15) is 5.82 Å². The number of nitrogens with two attached hydrogens (primary N) is 1. The number of nitrogens with one attached hydrogen (secondary N) is 1. The molecule has 0 atom stereocenters. The van der Waals surface area contributed by atoms with Crippen LogP contribution in [-0.4, -0.2) is 20.5 Å². The van der Waals surface area contributed by atoms with Gasteiger partial charge in [0.2, 0.25) is 10.0 Å². The molecule has 1 rings (SSSR count). The number of benzene rings is 1. The van der Waals surface area contributed by atoms with Crippen LogP contribution in [0.2, 0.25) is 0 Å². The largest absolute Gasteiger partial charge is 0.324 e. The van der Waals surface area contributed by atoms with Gasteiger partial charge < -0.3 is 5.73 Å². The molecule has 6 heteroatoms. The number of sulfonamides is 1. The quantitative estimate of drug-likeness (QED) is 0.827. The van der Waals surface area contributed by atoms with E-state index >= 15 is 0 Å². The zero-order valence-electron chi connectivity index (χ0n) is 9.20. The molecule has 90 valence electrons. The Morgan fingerprint density at radius 2 is 2.06 bits per heavy atom. The lowest BCUT2D eigenvalue weighted by atomic mass is 10.1. The fourth-order valence-corrected chi connectivity index (χ4v) is 2.25. The third kappa shape index (κ3) is 3.88. The van der Waals surface area contributed by atoms with E-state index in [1.54, 1.807) is 13.8 Å². The monoisotopic (exact) mass is 246 g/mol. The van der Waals surface area contributed by atoms with Gasteiger partial charge in [-0.05, 0) is 32.0 Å². The predicted molar refractivity (Wildman–Crippen MR) is 59.9 cm³/mol. The van der Waals surface area contributed by atoms with E-state index in [9.17, 15) is 12.8 Å². The smallest absolute Gasteiger partial charge is 0.240 e. The predicted octanol–water partition coefficient (Wildman–Crippen LogP) is 0.841. The van der Waals surface area contributed by atoms with Crippen LogP contribution in [0.4, 0.5) is 4.39 Å². The average molecular weight is 246 g/mol. The molecule has 0 fully saturated rings. The molecule has 0 saturated carbocycles. The number of hydrogen-bond donors (Lipinski definition) is 2. The summed E-state index contributed by atoms with van der Waals surface area (Å²) in [4.78, 5) is -0.100. The van der Waals surface area contributed by atoms with Crippen molar-refractivity contribution in [2.75, 3.05) is 6.54 Å². The first-order valence-electron chi connectivity index (χ1n) is 4.75. The number of rotatable bonds is 4. The van der Waals surface area contributed by atoms with E-state index in [4.69, 9.17) is 5.73 Å². The molecule has 0 radical (unpaired) electrons. The molecule has 0 aliphatic heterocycles. The molecule has 0 aliphatic rings. The van der Waals surface area contributed by atoms with Crippen LogP contribution >= 0.6 is 0 Å². The van der Waals surface area contributed by atoms with Crippen molar-refractivity contribution in [3.05, 3.63) is 30.1 Å². The molecule has 1 aromatic rings. The highest BCUT2D eigenvalue weighted by Gasteiger charge is 2.18. The highest BCUT2D eigenvalue weighted by atomic mass is 32.2. The first kappa shape index (κ1) is 13.1. The highest BCUT2D eigenvalue weighted by molar-refractivity contribution is 7.89. The van der Waals surface area contributed by atoms with Crippen LogP contribution in [0.1, 0.15) is 13.8 Å². The summed E-state index contributed by atoms with van der Waals surface area (Å²) in [7, 11) is -3.69. The minimum atomic E-state index is -3.69. The molecule has 1 aromatic carbocycles. The summed E-state index contributed by atoms with van der Waals surface area (Å²) in [6.07, 6.45) is 0. The molecule has 0 bridgehead atoms. The Balaban J connectivity index is 2.87. The van der Waals surface area contributed by atoms with Gasteiger partial charge in [-0.1, -0.05) is 6.07 Å². The number of hydrogen-bond acceptors (Lipinski definition) is 3. The molecule has 0 aromatic heterocycles. The van der Waals surface area contributed by atoms with E-state index in [1.165, 1.54) is 18.2 Å². The molecule has 0 spiro atoms. The van der Waals surface area contributed by atoms with Gasteiger partial charge in [-0.3, -0.25) is 0 Å². The summed E-state index contributed by atoms with van der Waals surface area (Å²) in [6, 6.07) is 4.82. The van der Waals surface area contributed by atoms with E-state index in [0.29, 0.717) is 0 Å². The minimum Gasteiger partial charge on any atom is -0.324 e. The van der Waals surface area contributed by atoms with Gasteiger partial charge in [-0.15, -0.1) is 0 Å². The van der Waals surface area contributed by atoms with Gasteiger partial charge in [0, 0.05) is 12.1 Å². The van der Waals surface area contributed by atoms with Gasteiger partial charge in [-0.2, -0.15) is 0 Å². The van der Waals surface area contributed by atoms with Gasteiger partial charge in [-0.25, -0.2) is 17.5 Å². The van der Waals surface area contributed by atoms with Crippen molar-refractivity contribution in [1.29, 1.82) is 0 Å². The van der Waals surface area contributed by atoms with Crippen LogP contribution in [0.5, 0.6) is 0 Å². The summed E-state index contributed by atoms with van der Waals surface area (Å²) < 4.78 is 38.6. The minimum absolute atomic E-state index is 0.0891. The zero-order chi connectivity index (χ0) is 12.4. The molecule has 4 nitrogen and oxygen atoms in total. The molecule has 3 N–H and O–H groups in total. The van der Waals surface area contributed by atoms with Crippen molar-refractivity contribution in [3.8, 4) is 0 Å². The van der Waals surface area contributed by atoms with E-state index in [-0.39, 0.29) is 11.4 Å². The molecular formula is C10H15FN2O2S. The molecule has 0 aliphatic carbocycles. The van der Waals surface area contributed by atoms with Crippen molar-refractivity contribution in [2.45, 2.75) is 24.3 Å². The van der Waals surface area contributed by atoms with Gasteiger partial charge in [0.05, 0.1) is 4.90 Å². The lowest BCUT2D eigenvalue weighted by molar-refractivity contribution is 0.497. The lowest BCUT2D eigenvalue weighted by Crippen LogP contribution is -2.45. The second-order valence-corrected chi connectivity index (χ2v) is 6.04. The Bertz CT molecular complexity index is 466. The molecule has 0 amide bonds. The van der Waals surface area contributed by atoms with Crippen LogP contribution in [0.25, 0.3) is 0 Å². The van der Waals surface area contributed by atoms with Crippen LogP contribution in [0.15, 0.2) is 29.2 Å². The number of halogens is 1. The third-order valence-corrected chi connectivity index (χ3v) is 3.22. The standard InChI is InChI=1S/C10H15FN2O2S/c1-10(2,12)7-13-16(14,15)9-5-3-4-8(11)6-9/h3-6,13H,7,12H2,1-2H3. The maximum Gasteiger partial charge on any atom is 0.240 e. The fraction of sp³-hybridized carbons (Fsp3) is 0.400. The first-order chi connectivity index (χ1) is 7.21. The van der Waals surface area contributed by atoms with Crippen molar-refractivity contribution in [3.63, 3.8) is 0 Å². The summed E-state index contributed by atoms with van der Waals surface area (Å²) in [5.74, 6) is -0.588. The molecule has 0 saturated heterocycles. The van der Waals surface area contributed by atoms with E-state index in [1.807, 2.05) is 0 Å². The Hall–Kier alpha value is -0.980. The summed E-state index contributed by atoms with van der Waals surface area (Å²) in [6.45, 7) is 3.48. The van der Waals surface area contributed by atoms with E-state index in [0.717, 1.165) is 6.07 Å². The summed E-state index contributed by atoms with van der Waals surface area (Å²) in [5, 5.41) is 0. The second-order valence-electron chi connectivity index (χ2n) is 4.27. The lowest BCUT2D eigenvalue weighted by Gasteiger charge is -2.18. The Morgan fingerprint density at radius 1 is 1.44 bits per heavy atom. The zero-order valence-corrected chi connectivity index (χ0v) is 10.0. The molecule has 0 unspecified atom stereocenters. The molecule has 0 heterocycles. The topological polar surface area (TPSA) is 72.2 Å². The summed E-state index contributed by atoms with van der Waals surface area (Å²) >= 11 is 0. The Labute approximate surface area is 94.7 Å². The van der Waals surface area contributed by atoms with Crippen molar-refractivity contribution in [2.24, 2.45) is 5.73 Å². The second kappa shape index (κ2) is 4.48. The maximum absolute atomic E-state index is 12.9. The summed E-state index contributed by atoms with van der Waals surface area (Å²) in [5.41, 5.74) is 5.00. The highest BCUT2D eigenvalue weighted by Crippen LogP contribution is 2.10. The van der Waals surface area contributed by atoms with Crippen LogP contribution in [-0.2, 0) is 10.0 Å². The van der Waals surface area contributed by atoms with Crippen LogP contribution in [0.3, 0.4) is 0 Å². The van der Waals surface area contributed by atoms with Crippen LogP contribution in [0, 0.1) is 5.82 Å². The Kier molecular flexibility index (Phi) is 3.67. The van der Waals surface area contributed by atoms with Crippen molar-refractivity contribution in [1.82, 2.24) is 4.72 Å². The van der Waals surface area contributed by atoms with Crippen molar-refractivity contribution < 1.29 is 12.8 Å². The van der Waals surface area contributed by atoms with Gasteiger partial charge >= 0.3 is 0 Å². The van der Waals surface area contributed by atoms with E-state index in [2.05, 4.69) is 4.72 Å². The van der Waals surface area contributed by atoms with Gasteiger partial charge in [0.25, 0.3) is 0 Å².